The van der Waals surface area contributed by atoms with Crippen LogP contribution >= 0.6 is 15.9 Å². The topological polar surface area (TPSA) is 12.0 Å². The molecule has 0 aromatic heterocycles. The zero-order valence-corrected chi connectivity index (χ0v) is 11.1. The molecular weight excluding hydrogens is 295 g/mol. The minimum absolute atomic E-state index is 0.0325. The maximum absolute atomic E-state index is 12.0. The van der Waals surface area contributed by atoms with Gasteiger partial charge >= 0.3 is 6.18 Å². The number of nitrogens with one attached hydrogen (secondary N) is 1. The zero-order valence-electron chi connectivity index (χ0n) is 9.52. The Morgan fingerprint density at radius 3 is 2.59 bits per heavy atom. The lowest BCUT2D eigenvalue weighted by Gasteiger charge is -2.18. The standard InChI is InChI=1S/C12H15BrF3N/c1-2-11(17-7-6-12(14,15)16)9-4-3-5-10(13)8-9/h3-5,8,11,17H,2,6-7H2,1H3. The molecule has 1 N–H and O–H groups in total. The van der Waals surface area contributed by atoms with Crippen molar-refractivity contribution in [2.24, 2.45) is 0 Å². The van der Waals surface area contributed by atoms with Gasteiger partial charge < -0.3 is 5.32 Å². The summed E-state index contributed by atoms with van der Waals surface area (Å²) in [6, 6.07) is 7.59. The second-order valence-corrected chi connectivity index (χ2v) is 4.75. The van der Waals surface area contributed by atoms with Crippen molar-refractivity contribution in [2.45, 2.75) is 32.0 Å². The Morgan fingerprint density at radius 1 is 1.35 bits per heavy atom. The Labute approximate surface area is 108 Å². The first-order chi connectivity index (χ1) is 7.92. The number of halogens is 4. The van der Waals surface area contributed by atoms with Crippen molar-refractivity contribution in [1.82, 2.24) is 5.32 Å². The van der Waals surface area contributed by atoms with Crippen molar-refractivity contribution in [3.8, 4) is 0 Å². The molecule has 0 aliphatic carbocycles. The van der Waals surface area contributed by atoms with Crippen LogP contribution in [0.5, 0.6) is 0 Å². The van der Waals surface area contributed by atoms with Gasteiger partial charge in [0.2, 0.25) is 0 Å². The molecule has 1 nitrogen and oxygen atoms in total. The SMILES string of the molecule is CCC(NCCC(F)(F)F)c1cccc(Br)c1. The van der Waals surface area contributed by atoms with E-state index in [-0.39, 0.29) is 12.6 Å². The highest BCUT2D eigenvalue weighted by molar-refractivity contribution is 9.10. The van der Waals surface area contributed by atoms with Gasteiger partial charge in [0.15, 0.2) is 0 Å². The van der Waals surface area contributed by atoms with Crippen LogP contribution in [0.3, 0.4) is 0 Å². The van der Waals surface area contributed by atoms with Gasteiger partial charge in [0.1, 0.15) is 0 Å². The number of hydrogen-bond acceptors (Lipinski definition) is 1. The van der Waals surface area contributed by atoms with E-state index in [0.717, 1.165) is 16.5 Å². The van der Waals surface area contributed by atoms with E-state index in [1.165, 1.54) is 0 Å². The number of rotatable bonds is 5. The fourth-order valence-electron chi connectivity index (χ4n) is 1.61. The molecule has 1 aromatic rings. The predicted octanol–water partition coefficient (Wildman–Crippen LogP) is 4.44. The number of benzene rings is 1. The summed E-state index contributed by atoms with van der Waals surface area (Å²) in [4.78, 5) is 0. The second kappa shape index (κ2) is 6.40. The van der Waals surface area contributed by atoms with E-state index in [1.54, 1.807) is 0 Å². The average molecular weight is 310 g/mol. The minimum Gasteiger partial charge on any atom is -0.310 e. The quantitative estimate of drug-likeness (QED) is 0.847. The molecule has 17 heavy (non-hydrogen) atoms. The highest BCUT2D eigenvalue weighted by Crippen LogP contribution is 2.22. The second-order valence-electron chi connectivity index (χ2n) is 3.84. The molecule has 0 radical (unpaired) electrons. The van der Waals surface area contributed by atoms with Gasteiger partial charge in [-0.05, 0) is 24.1 Å². The Hall–Kier alpha value is -0.550. The first-order valence-corrected chi connectivity index (χ1v) is 6.27. The van der Waals surface area contributed by atoms with E-state index in [4.69, 9.17) is 0 Å². The van der Waals surface area contributed by atoms with E-state index in [2.05, 4.69) is 21.2 Å². The summed E-state index contributed by atoms with van der Waals surface area (Å²) in [6.45, 7) is 1.90. The van der Waals surface area contributed by atoms with E-state index in [9.17, 15) is 13.2 Å². The van der Waals surface area contributed by atoms with Crippen LogP contribution < -0.4 is 5.32 Å². The molecule has 5 heteroatoms. The average Bonchev–Trinajstić information content (AvgIpc) is 2.23. The monoisotopic (exact) mass is 309 g/mol. The summed E-state index contributed by atoms with van der Waals surface area (Å²) in [5.41, 5.74) is 1.00. The van der Waals surface area contributed by atoms with Crippen molar-refractivity contribution in [2.75, 3.05) is 6.54 Å². The summed E-state index contributed by atoms with van der Waals surface area (Å²) >= 11 is 3.35. The van der Waals surface area contributed by atoms with Crippen LogP contribution in [0.25, 0.3) is 0 Å². The van der Waals surface area contributed by atoms with Crippen molar-refractivity contribution in [3.05, 3.63) is 34.3 Å². The van der Waals surface area contributed by atoms with Crippen molar-refractivity contribution in [3.63, 3.8) is 0 Å². The lowest BCUT2D eigenvalue weighted by molar-refractivity contribution is -0.133. The molecule has 0 aliphatic rings. The van der Waals surface area contributed by atoms with Gasteiger partial charge in [-0.15, -0.1) is 0 Å². The fourth-order valence-corrected chi connectivity index (χ4v) is 2.03. The Kier molecular flexibility index (Phi) is 5.46. The van der Waals surface area contributed by atoms with E-state index in [0.29, 0.717) is 0 Å². The molecule has 1 aromatic carbocycles. The summed E-state index contributed by atoms with van der Waals surface area (Å²) in [7, 11) is 0. The van der Waals surface area contributed by atoms with Gasteiger partial charge in [0, 0.05) is 17.1 Å². The molecule has 96 valence electrons. The zero-order chi connectivity index (χ0) is 12.9. The summed E-state index contributed by atoms with van der Waals surface area (Å²) in [6.07, 6.45) is -4.13. The molecule has 0 spiro atoms. The van der Waals surface area contributed by atoms with Gasteiger partial charge in [-0.3, -0.25) is 0 Å². The third-order valence-electron chi connectivity index (χ3n) is 2.46. The molecule has 0 saturated heterocycles. The van der Waals surface area contributed by atoms with Gasteiger partial charge in [-0.1, -0.05) is 35.0 Å². The van der Waals surface area contributed by atoms with Crippen molar-refractivity contribution < 1.29 is 13.2 Å². The first kappa shape index (κ1) is 14.5. The van der Waals surface area contributed by atoms with Gasteiger partial charge in [0.05, 0.1) is 6.42 Å². The van der Waals surface area contributed by atoms with Crippen LogP contribution in [-0.2, 0) is 0 Å². The minimum atomic E-state index is -4.09. The molecule has 0 aliphatic heterocycles. The van der Waals surface area contributed by atoms with Crippen molar-refractivity contribution >= 4 is 15.9 Å². The van der Waals surface area contributed by atoms with Gasteiger partial charge in [-0.25, -0.2) is 0 Å². The van der Waals surface area contributed by atoms with E-state index >= 15 is 0 Å². The number of hydrogen-bond donors (Lipinski definition) is 1. The highest BCUT2D eigenvalue weighted by atomic mass is 79.9. The molecule has 1 unspecified atom stereocenters. The molecule has 1 atom stereocenters. The Morgan fingerprint density at radius 2 is 2.06 bits per heavy atom. The van der Waals surface area contributed by atoms with E-state index < -0.39 is 12.6 Å². The number of alkyl halides is 3. The van der Waals surface area contributed by atoms with E-state index in [1.807, 2.05) is 31.2 Å². The normalized spacial score (nSPS) is 13.7. The van der Waals surface area contributed by atoms with Crippen LogP contribution in [0.1, 0.15) is 31.4 Å². The molecule has 0 bridgehead atoms. The maximum Gasteiger partial charge on any atom is 0.390 e. The summed E-state index contributed by atoms with van der Waals surface area (Å²) in [5.74, 6) is 0. The maximum atomic E-state index is 12.0. The smallest absolute Gasteiger partial charge is 0.310 e. The Balaban J connectivity index is 2.54. The third kappa shape index (κ3) is 5.55. The molecule has 0 saturated carbocycles. The van der Waals surface area contributed by atoms with Crippen LogP contribution in [0.4, 0.5) is 13.2 Å². The van der Waals surface area contributed by atoms with Crippen LogP contribution in [0.2, 0.25) is 0 Å². The first-order valence-electron chi connectivity index (χ1n) is 5.48. The summed E-state index contributed by atoms with van der Waals surface area (Å²) in [5, 5.41) is 2.93. The lowest BCUT2D eigenvalue weighted by atomic mass is 10.0. The molecule has 1 rings (SSSR count). The van der Waals surface area contributed by atoms with Crippen LogP contribution in [0, 0.1) is 0 Å². The predicted molar refractivity (Wildman–Crippen MR) is 65.8 cm³/mol. The molecular formula is C12H15BrF3N. The summed E-state index contributed by atoms with van der Waals surface area (Å²) < 4.78 is 37.0. The lowest BCUT2D eigenvalue weighted by Crippen LogP contribution is -2.25. The third-order valence-corrected chi connectivity index (χ3v) is 2.95. The molecule has 0 amide bonds. The van der Waals surface area contributed by atoms with Crippen LogP contribution in [-0.4, -0.2) is 12.7 Å². The Bertz CT molecular complexity index is 352. The fraction of sp³-hybridized carbons (Fsp3) is 0.500. The highest BCUT2D eigenvalue weighted by Gasteiger charge is 2.26. The molecule has 0 fully saturated rings. The van der Waals surface area contributed by atoms with Crippen molar-refractivity contribution in [1.29, 1.82) is 0 Å². The van der Waals surface area contributed by atoms with Gasteiger partial charge in [0.25, 0.3) is 0 Å². The van der Waals surface area contributed by atoms with Gasteiger partial charge in [-0.2, -0.15) is 13.2 Å². The van der Waals surface area contributed by atoms with Crippen LogP contribution in [0.15, 0.2) is 28.7 Å². The molecule has 0 heterocycles. The largest absolute Gasteiger partial charge is 0.390 e.